The highest BCUT2D eigenvalue weighted by Crippen LogP contribution is 2.35. The van der Waals surface area contributed by atoms with Gasteiger partial charge in [0, 0.05) is 0 Å². The molecule has 0 N–H and O–H groups in total. The molecule has 0 saturated heterocycles. The summed E-state index contributed by atoms with van der Waals surface area (Å²) in [5.74, 6) is 0.0131. The minimum Gasteiger partial charge on any atom is -0.274 e. The Morgan fingerprint density at radius 3 is 2.62 bits per heavy atom. The third kappa shape index (κ3) is 3.00. The van der Waals surface area contributed by atoms with Crippen molar-refractivity contribution in [1.82, 2.24) is 14.8 Å². The zero-order chi connectivity index (χ0) is 17.3. The Bertz CT molecular complexity index is 926. The molecule has 0 radical (unpaired) electrons. The van der Waals surface area contributed by atoms with Gasteiger partial charge in [0.05, 0.1) is 21.6 Å². The van der Waals surface area contributed by atoms with Gasteiger partial charge in [-0.15, -0.1) is 10.2 Å². The number of nitro benzene ring substituents is 1. The number of para-hydroxylation sites is 1. The lowest BCUT2D eigenvalue weighted by Gasteiger charge is -2.11. The zero-order valence-corrected chi connectivity index (χ0v) is 13.7. The third-order valence-electron chi connectivity index (χ3n) is 3.47. The Morgan fingerprint density at radius 2 is 1.92 bits per heavy atom. The van der Waals surface area contributed by atoms with Crippen molar-refractivity contribution in [2.45, 2.75) is 23.9 Å². The van der Waals surface area contributed by atoms with Gasteiger partial charge in [0.25, 0.3) is 5.69 Å². The van der Waals surface area contributed by atoms with Crippen LogP contribution in [0.3, 0.4) is 0 Å². The molecule has 2 aromatic carbocycles. The smallest absolute Gasteiger partial charge is 0.274 e. The first-order valence-electron chi connectivity index (χ1n) is 7.07. The summed E-state index contributed by atoms with van der Waals surface area (Å²) in [6.07, 6.45) is 0. The molecule has 0 amide bonds. The number of aromatic nitrogens is 3. The second-order valence-electron chi connectivity index (χ2n) is 5.12. The number of aryl methyl sites for hydroxylation is 2. The lowest BCUT2D eigenvalue weighted by atomic mass is 10.2. The number of hydrogen-bond acceptors (Lipinski definition) is 5. The Morgan fingerprint density at radius 1 is 1.17 bits per heavy atom. The van der Waals surface area contributed by atoms with E-state index in [1.165, 1.54) is 12.1 Å². The summed E-state index contributed by atoms with van der Waals surface area (Å²) in [5, 5.41) is 19.8. The molecule has 0 fully saturated rings. The van der Waals surface area contributed by atoms with Crippen LogP contribution in [0.2, 0.25) is 0 Å². The SMILES string of the molecule is Cc1ccccc1-n1c(C)nnc1Sc1ccc(F)cc1[N+](=O)[O-]. The fraction of sp³-hybridized carbons (Fsp3) is 0.125. The molecule has 0 aliphatic heterocycles. The van der Waals surface area contributed by atoms with Gasteiger partial charge in [0.1, 0.15) is 11.6 Å². The number of halogens is 1. The van der Waals surface area contributed by atoms with Crippen molar-refractivity contribution in [2.75, 3.05) is 0 Å². The molecular formula is C16H13FN4O2S. The van der Waals surface area contributed by atoms with Gasteiger partial charge in [-0.25, -0.2) is 4.39 Å². The van der Waals surface area contributed by atoms with Gasteiger partial charge in [0.15, 0.2) is 0 Å². The molecule has 0 aliphatic carbocycles. The van der Waals surface area contributed by atoms with Crippen LogP contribution in [0.1, 0.15) is 11.4 Å². The summed E-state index contributed by atoms with van der Waals surface area (Å²) in [4.78, 5) is 10.9. The van der Waals surface area contributed by atoms with Crippen molar-refractivity contribution in [3.8, 4) is 5.69 Å². The van der Waals surface area contributed by atoms with Gasteiger partial charge < -0.3 is 0 Å². The number of nitrogens with zero attached hydrogens (tertiary/aromatic N) is 4. The van der Waals surface area contributed by atoms with E-state index in [1.807, 2.05) is 42.7 Å². The van der Waals surface area contributed by atoms with Crippen LogP contribution in [0.5, 0.6) is 0 Å². The highest BCUT2D eigenvalue weighted by Gasteiger charge is 2.20. The molecule has 0 unspecified atom stereocenters. The van der Waals surface area contributed by atoms with Gasteiger partial charge in [-0.05, 0) is 49.4 Å². The molecule has 0 bridgehead atoms. The number of rotatable bonds is 4. The molecule has 0 spiro atoms. The van der Waals surface area contributed by atoms with Crippen LogP contribution in [0.15, 0.2) is 52.5 Å². The maximum Gasteiger partial charge on any atom is 0.286 e. The van der Waals surface area contributed by atoms with E-state index in [-0.39, 0.29) is 5.69 Å². The summed E-state index contributed by atoms with van der Waals surface area (Å²) in [7, 11) is 0. The summed E-state index contributed by atoms with van der Waals surface area (Å²) >= 11 is 1.08. The van der Waals surface area contributed by atoms with E-state index in [9.17, 15) is 14.5 Å². The molecular weight excluding hydrogens is 331 g/mol. The fourth-order valence-corrected chi connectivity index (χ4v) is 3.29. The lowest BCUT2D eigenvalue weighted by molar-refractivity contribution is -0.387. The van der Waals surface area contributed by atoms with Crippen molar-refractivity contribution in [1.29, 1.82) is 0 Å². The van der Waals surface area contributed by atoms with Crippen molar-refractivity contribution in [3.05, 3.63) is 69.8 Å². The van der Waals surface area contributed by atoms with Crippen LogP contribution in [0, 0.1) is 29.8 Å². The van der Waals surface area contributed by atoms with E-state index in [0.717, 1.165) is 29.1 Å². The molecule has 3 rings (SSSR count). The van der Waals surface area contributed by atoms with E-state index in [0.29, 0.717) is 15.9 Å². The minimum atomic E-state index is -0.650. The standard InChI is InChI=1S/C16H13FN4O2S/c1-10-5-3-4-6-13(10)20-11(2)18-19-16(20)24-15-8-7-12(17)9-14(15)21(22)23/h3-9H,1-2H3. The molecule has 24 heavy (non-hydrogen) atoms. The summed E-state index contributed by atoms with van der Waals surface area (Å²) in [6.45, 7) is 3.77. The molecule has 122 valence electrons. The van der Waals surface area contributed by atoms with Crippen molar-refractivity contribution >= 4 is 17.4 Å². The van der Waals surface area contributed by atoms with Gasteiger partial charge in [-0.2, -0.15) is 0 Å². The average molecular weight is 344 g/mol. The molecule has 3 aromatic rings. The predicted molar refractivity (Wildman–Crippen MR) is 88.0 cm³/mol. The maximum absolute atomic E-state index is 13.3. The summed E-state index contributed by atoms with van der Waals surface area (Å²) in [5.41, 5.74) is 1.63. The molecule has 1 aromatic heterocycles. The van der Waals surface area contributed by atoms with Gasteiger partial charge >= 0.3 is 0 Å². The van der Waals surface area contributed by atoms with Crippen LogP contribution in [0.25, 0.3) is 5.69 Å². The van der Waals surface area contributed by atoms with Crippen LogP contribution >= 0.6 is 11.8 Å². The third-order valence-corrected chi connectivity index (χ3v) is 4.48. The van der Waals surface area contributed by atoms with Crippen LogP contribution in [0.4, 0.5) is 10.1 Å². The van der Waals surface area contributed by atoms with Crippen LogP contribution in [-0.4, -0.2) is 19.7 Å². The minimum absolute atomic E-state index is 0.294. The van der Waals surface area contributed by atoms with Crippen molar-refractivity contribution in [3.63, 3.8) is 0 Å². The average Bonchev–Trinajstić information content (AvgIpc) is 2.90. The van der Waals surface area contributed by atoms with Crippen LogP contribution in [-0.2, 0) is 0 Å². The Hall–Kier alpha value is -2.74. The number of hydrogen-bond donors (Lipinski definition) is 0. The quantitative estimate of drug-likeness (QED) is 0.526. The number of nitro groups is 1. The molecule has 1 heterocycles. The highest BCUT2D eigenvalue weighted by molar-refractivity contribution is 7.99. The van der Waals surface area contributed by atoms with E-state index in [4.69, 9.17) is 0 Å². The highest BCUT2D eigenvalue weighted by atomic mass is 32.2. The molecule has 6 nitrogen and oxygen atoms in total. The Kier molecular flexibility index (Phi) is 4.30. The Labute approximate surface area is 141 Å². The molecule has 0 saturated carbocycles. The number of benzene rings is 2. The summed E-state index contributed by atoms with van der Waals surface area (Å²) in [6, 6.07) is 11.2. The predicted octanol–water partition coefficient (Wildman–Crippen LogP) is 4.08. The molecule has 0 aliphatic rings. The molecule has 0 atom stereocenters. The second-order valence-corrected chi connectivity index (χ2v) is 6.13. The first-order valence-corrected chi connectivity index (χ1v) is 7.89. The summed E-state index contributed by atoms with van der Waals surface area (Å²) < 4.78 is 15.1. The Balaban J connectivity index is 2.08. The monoisotopic (exact) mass is 344 g/mol. The normalized spacial score (nSPS) is 10.8. The van der Waals surface area contributed by atoms with E-state index < -0.39 is 10.7 Å². The second kappa shape index (κ2) is 6.40. The fourth-order valence-electron chi connectivity index (χ4n) is 2.32. The van der Waals surface area contributed by atoms with E-state index in [1.54, 1.807) is 0 Å². The van der Waals surface area contributed by atoms with Gasteiger partial charge in [0.2, 0.25) is 5.16 Å². The van der Waals surface area contributed by atoms with Crippen LogP contribution < -0.4 is 0 Å². The van der Waals surface area contributed by atoms with Crippen molar-refractivity contribution in [2.24, 2.45) is 0 Å². The first-order chi connectivity index (χ1) is 11.5. The first kappa shape index (κ1) is 16.1. The largest absolute Gasteiger partial charge is 0.286 e. The zero-order valence-electron chi connectivity index (χ0n) is 12.9. The lowest BCUT2D eigenvalue weighted by Crippen LogP contribution is -2.01. The molecule has 8 heteroatoms. The van der Waals surface area contributed by atoms with E-state index in [2.05, 4.69) is 10.2 Å². The van der Waals surface area contributed by atoms with Gasteiger partial charge in [-0.3, -0.25) is 14.7 Å². The van der Waals surface area contributed by atoms with Crippen molar-refractivity contribution < 1.29 is 9.31 Å². The van der Waals surface area contributed by atoms with Gasteiger partial charge in [-0.1, -0.05) is 18.2 Å². The maximum atomic E-state index is 13.3. The topological polar surface area (TPSA) is 73.8 Å². The van der Waals surface area contributed by atoms with E-state index >= 15 is 0 Å².